The zero-order valence-electron chi connectivity index (χ0n) is 13.9. The Kier molecular flexibility index (Phi) is 6.38. The van der Waals surface area contributed by atoms with Crippen molar-refractivity contribution in [2.75, 3.05) is 18.4 Å². The molecule has 0 unspecified atom stereocenters. The Hall–Kier alpha value is -2.33. The predicted octanol–water partition coefficient (Wildman–Crippen LogP) is 4.00. The number of hydrogen-bond donors (Lipinski definition) is 1. The number of carbonyl (C=O) groups excluding carboxylic acids is 2. The van der Waals surface area contributed by atoms with Crippen LogP contribution >= 0.6 is 11.6 Å². The molecule has 0 saturated heterocycles. The summed E-state index contributed by atoms with van der Waals surface area (Å²) in [4.78, 5) is 26.1. The number of carbonyl (C=O) groups is 2. The van der Waals surface area contributed by atoms with Gasteiger partial charge in [0.2, 0.25) is 5.91 Å². The molecular formula is C19H21ClN2O2. The molecule has 0 aliphatic carbocycles. The van der Waals surface area contributed by atoms with E-state index < -0.39 is 0 Å². The van der Waals surface area contributed by atoms with Gasteiger partial charge in [-0.25, -0.2) is 0 Å². The van der Waals surface area contributed by atoms with Crippen molar-refractivity contribution in [2.24, 2.45) is 0 Å². The predicted molar refractivity (Wildman–Crippen MR) is 97.5 cm³/mol. The summed E-state index contributed by atoms with van der Waals surface area (Å²) >= 11 is 6.06. The second kappa shape index (κ2) is 8.50. The third-order valence-corrected chi connectivity index (χ3v) is 4.14. The van der Waals surface area contributed by atoms with E-state index in [1.54, 1.807) is 35.2 Å². The summed E-state index contributed by atoms with van der Waals surface area (Å²) in [7, 11) is 0. The van der Waals surface area contributed by atoms with Gasteiger partial charge in [-0.15, -0.1) is 0 Å². The molecular weight excluding hydrogens is 324 g/mol. The minimum Gasteiger partial charge on any atom is -0.339 e. The molecule has 0 fully saturated rings. The van der Waals surface area contributed by atoms with Gasteiger partial charge in [-0.3, -0.25) is 9.59 Å². The van der Waals surface area contributed by atoms with Crippen molar-refractivity contribution in [1.82, 2.24) is 4.90 Å². The van der Waals surface area contributed by atoms with Crippen LogP contribution in [-0.4, -0.2) is 29.8 Å². The van der Waals surface area contributed by atoms with Crippen LogP contribution < -0.4 is 5.32 Å². The van der Waals surface area contributed by atoms with E-state index in [-0.39, 0.29) is 18.2 Å². The van der Waals surface area contributed by atoms with Crippen molar-refractivity contribution in [3.8, 4) is 0 Å². The van der Waals surface area contributed by atoms with Gasteiger partial charge in [-0.1, -0.05) is 29.8 Å². The Morgan fingerprint density at radius 2 is 1.62 bits per heavy atom. The second-order valence-corrected chi connectivity index (χ2v) is 5.78. The number of hydrogen-bond acceptors (Lipinski definition) is 2. The summed E-state index contributed by atoms with van der Waals surface area (Å²) in [6.45, 7) is 5.24. The maximum atomic E-state index is 12.2. The van der Waals surface area contributed by atoms with E-state index >= 15 is 0 Å². The average molecular weight is 345 g/mol. The molecule has 126 valence electrons. The fourth-order valence-electron chi connectivity index (χ4n) is 2.41. The monoisotopic (exact) mass is 344 g/mol. The van der Waals surface area contributed by atoms with E-state index in [1.165, 1.54) is 0 Å². The zero-order valence-corrected chi connectivity index (χ0v) is 14.6. The number of amides is 2. The fraction of sp³-hybridized carbons (Fsp3) is 0.263. The summed E-state index contributed by atoms with van der Waals surface area (Å²) in [5.41, 5.74) is 2.05. The summed E-state index contributed by atoms with van der Waals surface area (Å²) in [6.07, 6.45) is 0.208. The highest BCUT2D eigenvalue weighted by Crippen LogP contribution is 2.17. The Morgan fingerprint density at radius 3 is 2.21 bits per heavy atom. The van der Waals surface area contributed by atoms with Crippen molar-refractivity contribution in [1.29, 1.82) is 0 Å². The summed E-state index contributed by atoms with van der Waals surface area (Å²) < 4.78 is 0. The van der Waals surface area contributed by atoms with Crippen LogP contribution in [0.1, 0.15) is 29.8 Å². The first kappa shape index (κ1) is 18.0. The lowest BCUT2D eigenvalue weighted by molar-refractivity contribution is -0.115. The van der Waals surface area contributed by atoms with Gasteiger partial charge in [0.1, 0.15) is 0 Å². The normalized spacial score (nSPS) is 10.3. The SMILES string of the molecule is CCN(CC)C(=O)c1ccc(NC(=O)Cc2ccccc2Cl)cc1. The Morgan fingerprint density at radius 1 is 1.00 bits per heavy atom. The second-order valence-electron chi connectivity index (χ2n) is 5.37. The highest BCUT2D eigenvalue weighted by Gasteiger charge is 2.12. The van der Waals surface area contributed by atoms with Gasteiger partial charge in [0.15, 0.2) is 0 Å². The molecule has 0 heterocycles. The molecule has 2 aromatic carbocycles. The van der Waals surface area contributed by atoms with Gasteiger partial charge in [0.25, 0.3) is 5.91 Å². The van der Waals surface area contributed by atoms with Gasteiger partial charge in [0.05, 0.1) is 6.42 Å². The topological polar surface area (TPSA) is 49.4 Å². The number of benzene rings is 2. The number of rotatable bonds is 6. The van der Waals surface area contributed by atoms with Crippen LogP contribution in [0.4, 0.5) is 5.69 Å². The molecule has 5 heteroatoms. The molecule has 0 aliphatic rings. The first-order valence-electron chi connectivity index (χ1n) is 7.97. The Labute approximate surface area is 147 Å². The first-order chi connectivity index (χ1) is 11.5. The molecule has 0 atom stereocenters. The number of anilines is 1. The largest absolute Gasteiger partial charge is 0.339 e. The highest BCUT2D eigenvalue weighted by molar-refractivity contribution is 6.31. The van der Waals surface area contributed by atoms with Crippen molar-refractivity contribution in [3.63, 3.8) is 0 Å². The van der Waals surface area contributed by atoms with Crippen LogP contribution in [0.2, 0.25) is 5.02 Å². The van der Waals surface area contributed by atoms with Crippen molar-refractivity contribution < 1.29 is 9.59 Å². The number of halogens is 1. The molecule has 0 spiro atoms. The average Bonchev–Trinajstić information content (AvgIpc) is 2.58. The van der Waals surface area contributed by atoms with Gasteiger partial charge in [-0.05, 0) is 49.7 Å². The van der Waals surface area contributed by atoms with Gasteiger partial charge in [-0.2, -0.15) is 0 Å². The lowest BCUT2D eigenvalue weighted by Crippen LogP contribution is -2.30. The van der Waals surface area contributed by atoms with Gasteiger partial charge >= 0.3 is 0 Å². The van der Waals surface area contributed by atoms with Crippen LogP contribution in [-0.2, 0) is 11.2 Å². The van der Waals surface area contributed by atoms with Crippen LogP contribution in [0.15, 0.2) is 48.5 Å². The van der Waals surface area contributed by atoms with Crippen molar-refractivity contribution >= 4 is 29.1 Å². The van der Waals surface area contributed by atoms with E-state index in [9.17, 15) is 9.59 Å². The smallest absolute Gasteiger partial charge is 0.253 e. The van der Waals surface area contributed by atoms with Crippen LogP contribution in [0.25, 0.3) is 0 Å². The van der Waals surface area contributed by atoms with E-state index in [4.69, 9.17) is 11.6 Å². The molecule has 0 aromatic heterocycles. The minimum absolute atomic E-state index is 0.00561. The molecule has 0 bridgehead atoms. The Bertz CT molecular complexity index is 710. The first-order valence-corrected chi connectivity index (χ1v) is 8.35. The molecule has 4 nitrogen and oxygen atoms in total. The third kappa shape index (κ3) is 4.59. The molecule has 0 radical (unpaired) electrons. The standard InChI is InChI=1S/C19H21ClN2O2/c1-3-22(4-2)19(24)14-9-11-16(12-10-14)21-18(23)13-15-7-5-6-8-17(15)20/h5-12H,3-4,13H2,1-2H3,(H,21,23). The molecule has 2 amide bonds. The molecule has 2 rings (SSSR count). The van der Waals surface area contributed by atoms with E-state index in [0.29, 0.717) is 29.4 Å². The molecule has 0 aliphatic heterocycles. The fourth-order valence-corrected chi connectivity index (χ4v) is 2.61. The third-order valence-electron chi connectivity index (χ3n) is 3.78. The quantitative estimate of drug-likeness (QED) is 0.861. The molecule has 24 heavy (non-hydrogen) atoms. The lowest BCUT2D eigenvalue weighted by Gasteiger charge is -2.18. The lowest BCUT2D eigenvalue weighted by atomic mass is 10.1. The number of nitrogens with one attached hydrogen (secondary N) is 1. The van der Waals surface area contributed by atoms with Crippen LogP contribution in [0.3, 0.4) is 0 Å². The van der Waals surface area contributed by atoms with Crippen LogP contribution in [0, 0.1) is 0 Å². The van der Waals surface area contributed by atoms with E-state index in [2.05, 4.69) is 5.32 Å². The van der Waals surface area contributed by atoms with Gasteiger partial charge < -0.3 is 10.2 Å². The maximum Gasteiger partial charge on any atom is 0.253 e. The van der Waals surface area contributed by atoms with Crippen molar-refractivity contribution in [3.05, 3.63) is 64.7 Å². The molecule has 0 saturated carbocycles. The molecule has 2 aromatic rings. The van der Waals surface area contributed by atoms with E-state index in [1.807, 2.05) is 32.0 Å². The van der Waals surface area contributed by atoms with Gasteiger partial charge in [0, 0.05) is 29.4 Å². The zero-order chi connectivity index (χ0) is 17.5. The summed E-state index contributed by atoms with van der Waals surface area (Å²) in [5.74, 6) is -0.153. The summed E-state index contributed by atoms with van der Waals surface area (Å²) in [6, 6.07) is 14.2. The van der Waals surface area contributed by atoms with Crippen molar-refractivity contribution in [2.45, 2.75) is 20.3 Å². The van der Waals surface area contributed by atoms with E-state index in [0.717, 1.165) is 5.56 Å². The molecule has 1 N–H and O–H groups in total. The van der Waals surface area contributed by atoms with Crippen LogP contribution in [0.5, 0.6) is 0 Å². The number of nitrogens with zero attached hydrogens (tertiary/aromatic N) is 1. The Balaban J connectivity index is 2.00. The highest BCUT2D eigenvalue weighted by atomic mass is 35.5. The summed E-state index contributed by atoms with van der Waals surface area (Å²) in [5, 5.41) is 3.40. The maximum absolute atomic E-state index is 12.2. The minimum atomic E-state index is -0.147.